The van der Waals surface area contributed by atoms with Crippen LogP contribution in [0.3, 0.4) is 0 Å². The number of benzene rings is 3. The number of hydrogen-bond acceptors (Lipinski definition) is 5. The molecule has 0 spiro atoms. The predicted octanol–water partition coefficient (Wildman–Crippen LogP) is 4.88. The van der Waals surface area contributed by atoms with Crippen LogP contribution in [0.4, 0.5) is 17.1 Å². The van der Waals surface area contributed by atoms with Crippen LogP contribution in [0.15, 0.2) is 84.7 Å². The molecule has 3 aromatic rings. The number of rotatable bonds is 6. The summed E-state index contributed by atoms with van der Waals surface area (Å²) in [5.74, 6) is 0.0517. The van der Waals surface area contributed by atoms with Crippen LogP contribution in [0.1, 0.15) is 11.1 Å². The lowest BCUT2D eigenvalue weighted by Crippen LogP contribution is -2.72. The molecule has 0 aromatic heterocycles. The number of anilines is 3. The van der Waals surface area contributed by atoms with Gasteiger partial charge in [0, 0.05) is 21.3 Å². The molecule has 2 heterocycles. The van der Waals surface area contributed by atoms with Crippen LogP contribution >= 0.6 is 11.6 Å². The smallest absolute Gasteiger partial charge is 0.260 e. The third-order valence-electron chi connectivity index (χ3n) is 6.98. The molecule has 1 saturated heterocycles. The molecule has 2 atom stereocenters. The molecule has 7 nitrogen and oxygen atoms in total. The van der Waals surface area contributed by atoms with Gasteiger partial charge in [-0.1, -0.05) is 65.7 Å². The van der Waals surface area contributed by atoms with Gasteiger partial charge in [0.2, 0.25) is 0 Å². The largest absolute Gasteiger partial charge is 0.375 e. The highest BCUT2D eigenvalue weighted by atomic mass is 35.5. The van der Waals surface area contributed by atoms with Crippen molar-refractivity contribution in [1.29, 1.82) is 0 Å². The summed E-state index contributed by atoms with van der Waals surface area (Å²) in [5, 5.41) is 0.525. The lowest BCUT2D eigenvalue weighted by atomic mass is 9.74. The molecule has 1 fully saturated rings. The maximum Gasteiger partial charge on any atom is 0.260 e. The second kappa shape index (κ2) is 9.67. The van der Waals surface area contributed by atoms with Gasteiger partial charge in [-0.25, -0.2) is 0 Å². The Bertz CT molecular complexity index is 1390. The van der Waals surface area contributed by atoms with Gasteiger partial charge < -0.3 is 14.4 Å². The summed E-state index contributed by atoms with van der Waals surface area (Å²) in [6.45, 7) is 1.86. The summed E-state index contributed by atoms with van der Waals surface area (Å²) in [7, 11) is 4.86. The predicted molar refractivity (Wildman–Crippen MR) is 145 cm³/mol. The highest BCUT2D eigenvalue weighted by molar-refractivity contribution is 6.33. The number of carbonyl (C=O) groups is 2. The molecule has 37 heavy (non-hydrogen) atoms. The second-order valence-corrected chi connectivity index (χ2v) is 9.55. The number of β-lactam (4-membered cyclic amide) rings is 1. The molecule has 0 aliphatic carbocycles. The van der Waals surface area contributed by atoms with E-state index in [2.05, 4.69) is 0 Å². The zero-order valence-electron chi connectivity index (χ0n) is 21.1. The van der Waals surface area contributed by atoms with Crippen molar-refractivity contribution in [2.75, 3.05) is 42.6 Å². The number of nitrogens with zero attached hydrogens (tertiary/aromatic N) is 3. The van der Waals surface area contributed by atoms with Crippen molar-refractivity contribution in [3.8, 4) is 0 Å². The summed E-state index contributed by atoms with van der Waals surface area (Å²) in [6, 6.07) is 22.8. The highest BCUT2D eigenvalue weighted by Gasteiger charge is 2.63. The summed E-state index contributed by atoms with van der Waals surface area (Å²) in [5.41, 5.74) is 2.81. The Labute approximate surface area is 221 Å². The van der Waals surface area contributed by atoms with Crippen molar-refractivity contribution in [2.24, 2.45) is 0 Å². The molecule has 3 aromatic carbocycles. The fourth-order valence-corrected chi connectivity index (χ4v) is 5.50. The molecule has 2 unspecified atom stereocenters. The Morgan fingerprint density at radius 1 is 1.00 bits per heavy atom. The minimum absolute atomic E-state index is 0.152. The minimum Gasteiger partial charge on any atom is -0.375 e. The van der Waals surface area contributed by atoms with Crippen molar-refractivity contribution in [2.45, 2.75) is 18.6 Å². The fourth-order valence-electron chi connectivity index (χ4n) is 5.23. The van der Waals surface area contributed by atoms with E-state index in [1.54, 1.807) is 15.9 Å². The average Bonchev–Trinajstić information content (AvgIpc) is 3.00. The normalized spacial score (nSPS) is 20.4. The molecule has 5 rings (SSSR count). The van der Waals surface area contributed by atoms with Crippen LogP contribution in [0, 0.1) is 6.92 Å². The highest BCUT2D eigenvalue weighted by Crippen LogP contribution is 2.53. The van der Waals surface area contributed by atoms with Crippen LogP contribution in [0.2, 0.25) is 5.02 Å². The van der Waals surface area contributed by atoms with E-state index < -0.39 is 11.6 Å². The summed E-state index contributed by atoms with van der Waals surface area (Å²) in [6.07, 6.45) is 1.14. The number of ether oxygens (including phenoxy) is 2. The standard InChI is InChI=1S/C29H28ClN3O4/c1-19-13-15-20(16-14-19)29-17-25(31(2)22-10-6-5-9-21(22)30)32(26(34)18-36-3)23-11-7-8-12-24(23)33(29)28(35)27(29)37-4/h5-17,27H,18H2,1-4H3. The van der Waals surface area contributed by atoms with E-state index >= 15 is 0 Å². The molecular formula is C29H28ClN3O4. The van der Waals surface area contributed by atoms with Crippen molar-refractivity contribution >= 4 is 40.5 Å². The maximum atomic E-state index is 13.7. The fraction of sp³-hybridized carbons (Fsp3) is 0.241. The SMILES string of the molecule is COCC(=O)N1C(N(C)c2ccccc2Cl)=CC2(c3ccc(C)cc3)C(OC)C(=O)N2c2ccccc21. The number of hydrogen-bond donors (Lipinski definition) is 0. The monoisotopic (exact) mass is 517 g/mol. The van der Waals surface area contributed by atoms with Crippen molar-refractivity contribution in [3.05, 3.63) is 101 Å². The lowest BCUT2D eigenvalue weighted by Gasteiger charge is -2.55. The number of para-hydroxylation sites is 3. The molecule has 2 amide bonds. The van der Waals surface area contributed by atoms with Crippen molar-refractivity contribution in [1.82, 2.24) is 0 Å². The van der Waals surface area contributed by atoms with Gasteiger partial charge in [-0.15, -0.1) is 0 Å². The maximum absolute atomic E-state index is 13.7. The summed E-state index contributed by atoms with van der Waals surface area (Å²) < 4.78 is 11.1. The zero-order chi connectivity index (χ0) is 26.3. The number of carbonyl (C=O) groups excluding carboxylic acids is 2. The van der Waals surface area contributed by atoms with E-state index in [9.17, 15) is 9.59 Å². The number of aryl methyl sites for hydroxylation is 1. The average molecular weight is 518 g/mol. The minimum atomic E-state index is -1.01. The van der Waals surface area contributed by atoms with Gasteiger partial charge in [0.25, 0.3) is 11.8 Å². The van der Waals surface area contributed by atoms with Crippen LogP contribution < -0.4 is 14.7 Å². The van der Waals surface area contributed by atoms with E-state index in [4.69, 9.17) is 21.1 Å². The quantitative estimate of drug-likeness (QED) is 0.436. The Morgan fingerprint density at radius 2 is 1.65 bits per heavy atom. The molecule has 0 radical (unpaired) electrons. The molecule has 2 aliphatic heterocycles. The Kier molecular flexibility index (Phi) is 6.54. The summed E-state index contributed by atoms with van der Waals surface area (Å²) >= 11 is 6.61. The number of amides is 2. The van der Waals surface area contributed by atoms with Crippen LogP contribution in [-0.2, 0) is 24.6 Å². The molecular weight excluding hydrogens is 490 g/mol. The molecule has 0 saturated carbocycles. The van der Waals surface area contributed by atoms with Gasteiger partial charge in [0.05, 0.1) is 22.1 Å². The Balaban J connectivity index is 1.86. The van der Waals surface area contributed by atoms with Crippen molar-refractivity contribution in [3.63, 3.8) is 0 Å². The first-order chi connectivity index (χ1) is 17.8. The second-order valence-electron chi connectivity index (χ2n) is 9.14. The Hall–Kier alpha value is -3.65. The topological polar surface area (TPSA) is 62.3 Å². The van der Waals surface area contributed by atoms with Gasteiger partial charge in [-0.3, -0.25) is 19.4 Å². The van der Waals surface area contributed by atoms with Gasteiger partial charge in [-0.2, -0.15) is 0 Å². The van der Waals surface area contributed by atoms with E-state index in [0.29, 0.717) is 27.9 Å². The van der Waals surface area contributed by atoms with E-state index in [-0.39, 0.29) is 18.4 Å². The first-order valence-corrected chi connectivity index (χ1v) is 12.3. The summed E-state index contributed by atoms with van der Waals surface area (Å²) in [4.78, 5) is 32.4. The van der Waals surface area contributed by atoms with Crippen LogP contribution in [-0.4, -0.2) is 45.8 Å². The van der Waals surface area contributed by atoms with E-state index in [1.807, 2.05) is 91.7 Å². The molecule has 2 aliphatic rings. The van der Waals surface area contributed by atoms with Gasteiger partial charge in [0.1, 0.15) is 18.0 Å². The molecule has 8 heteroatoms. The molecule has 190 valence electrons. The first-order valence-electron chi connectivity index (χ1n) is 11.9. The third-order valence-corrected chi connectivity index (χ3v) is 7.30. The lowest BCUT2D eigenvalue weighted by molar-refractivity contribution is -0.144. The van der Waals surface area contributed by atoms with Crippen LogP contribution in [0.5, 0.6) is 0 Å². The molecule has 0 N–H and O–H groups in total. The Morgan fingerprint density at radius 3 is 2.30 bits per heavy atom. The van der Waals surface area contributed by atoms with Gasteiger partial charge in [0.15, 0.2) is 6.10 Å². The first kappa shape index (κ1) is 25.0. The number of fused-ring (bicyclic) bond motifs is 3. The van der Waals surface area contributed by atoms with Crippen LogP contribution in [0.25, 0.3) is 0 Å². The molecule has 0 bridgehead atoms. The third kappa shape index (κ3) is 3.82. The van der Waals surface area contributed by atoms with Gasteiger partial charge >= 0.3 is 0 Å². The zero-order valence-corrected chi connectivity index (χ0v) is 21.9. The number of methoxy groups -OCH3 is 2. The van der Waals surface area contributed by atoms with Crippen molar-refractivity contribution < 1.29 is 19.1 Å². The van der Waals surface area contributed by atoms with Gasteiger partial charge in [-0.05, 0) is 42.8 Å². The van der Waals surface area contributed by atoms with E-state index in [1.165, 1.54) is 14.2 Å². The van der Waals surface area contributed by atoms with E-state index in [0.717, 1.165) is 11.1 Å². The number of halogens is 1.